The van der Waals surface area contributed by atoms with Crippen LogP contribution in [0.25, 0.3) is 5.69 Å². The van der Waals surface area contributed by atoms with Crippen LogP contribution < -0.4 is 10.6 Å². The number of benzene rings is 1. The molecule has 154 valence electrons. The Bertz CT molecular complexity index is 690. The lowest BCUT2D eigenvalue weighted by Gasteiger charge is -2.28. The number of piperidine rings is 1. The molecule has 0 spiro atoms. The molecule has 1 aliphatic rings. The number of guanidine groups is 1. The van der Waals surface area contributed by atoms with Crippen molar-refractivity contribution in [1.82, 2.24) is 25.3 Å². The maximum Gasteiger partial charge on any atom is 0.191 e. The van der Waals surface area contributed by atoms with Gasteiger partial charge in [0.05, 0.1) is 5.69 Å². The molecule has 0 atom stereocenters. The summed E-state index contributed by atoms with van der Waals surface area (Å²) in [6.07, 6.45) is 7.23. The van der Waals surface area contributed by atoms with Gasteiger partial charge >= 0.3 is 0 Å². The third kappa shape index (κ3) is 7.09. The number of aliphatic imine (C=N–C) groups is 1. The highest BCUT2D eigenvalue weighted by Crippen LogP contribution is 2.16. The lowest BCUT2D eigenvalue weighted by molar-refractivity contribution is 0.223. The topological polar surface area (TPSA) is 57.5 Å². The largest absolute Gasteiger partial charge is 0.357 e. The summed E-state index contributed by atoms with van der Waals surface area (Å²) in [5.41, 5.74) is 2.40. The van der Waals surface area contributed by atoms with E-state index in [9.17, 15) is 0 Å². The number of halogens is 1. The summed E-state index contributed by atoms with van der Waals surface area (Å²) in [6, 6.07) is 10.5. The molecule has 0 bridgehead atoms. The Hall–Kier alpha value is -1.61. The van der Waals surface area contributed by atoms with Gasteiger partial charge < -0.3 is 15.5 Å². The summed E-state index contributed by atoms with van der Waals surface area (Å²) in [5, 5.41) is 11.1. The van der Waals surface area contributed by atoms with E-state index < -0.39 is 0 Å². The summed E-state index contributed by atoms with van der Waals surface area (Å²) in [6.45, 7) is 7.18. The molecule has 6 nitrogen and oxygen atoms in total. The highest BCUT2D eigenvalue weighted by Gasteiger charge is 2.16. The summed E-state index contributed by atoms with van der Waals surface area (Å²) >= 11 is 0. The van der Waals surface area contributed by atoms with E-state index in [4.69, 9.17) is 4.99 Å². The fraction of sp³-hybridized carbons (Fsp3) is 0.524. The number of hydrogen-bond acceptors (Lipinski definition) is 3. The number of nitrogens with one attached hydrogen (secondary N) is 2. The van der Waals surface area contributed by atoms with Crippen molar-refractivity contribution in [2.24, 2.45) is 10.9 Å². The predicted octanol–water partition coefficient (Wildman–Crippen LogP) is 2.93. The smallest absolute Gasteiger partial charge is 0.191 e. The molecule has 1 aromatic heterocycles. The molecule has 2 N–H and O–H groups in total. The average molecular weight is 496 g/mol. The minimum atomic E-state index is 0. The molecule has 1 aliphatic heterocycles. The number of aromatic nitrogens is 2. The van der Waals surface area contributed by atoms with Gasteiger partial charge in [-0.1, -0.05) is 12.1 Å². The van der Waals surface area contributed by atoms with E-state index in [2.05, 4.69) is 58.9 Å². The van der Waals surface area contributed by atoms with Gasteiger partial charge in [-0.25, -0.2) is 4.68 Å². The average Bonchev–Trinajstić information content (AvgIpc) is 3.23. The molecule has 0 saturated carbocycles. The first-order valence-electron chi connectivity index (χ1n) is 10.0. The molecular weight excluding hydrogens is 463 g/mol. The summed E-state index contributed by atoms with van der Waals surface area (Å²) < 4.78 is 1.88. The summed E-state index contributed by atoms with van der Waals surface area (Å²) in [4.78, 5) is 7.21. The SMILES string of the molecule is CCNC(=NCC1CCN(C)CC1)NCCc1ccc(-n2cccn2)cc1.I. The van der Waals surface area contributed by atoms with Crippen molar-refractivity contribution < 1.29 is 0 Å². The van der Waals surface area contributed by atoms with Crippen molar-refractivity contribution in [3.8, 4) is 5.69 Å². The fourth-order valence-corrected chi connectivity index (χ4v) is 3.37. The van der Waals surface area contributed by atoms with Gasteiger partial charge in [-0.05, 0) is 76.0 Å². The normalized spacial score (nSPS) is 15.9. The van der Waals surface area contributed by atoms with E-state index in [0.717, 1.165) is 37.7 Å². The number of likely N-dealkylation sites (tertiary alicyclic amines) is 1. The zero-order valence-corrected chi connectivity index (χ0v) is 19.3. The van der Waals surface area contributed by atoms with Crippen LogP contribution in [-0.4, -0.2) is 60.4 Å². The number of nitrogens with zero attached hydrogens (tertiary/aromatic N) is 4. The lowest BCUT2D eigenvalue weighted by Crippen LogP contribution is -2.39. The first kappa shape index (κ1) is 22.7. The lowest BCUT2D eigenvalue weighted by atomic mass is 9.97. The Labute approximate surface area is 185 Å². The van der Waals surface area contributed by atoms with Crippen LogP contribution >= 0.6 is 24.0 Å². The number of hydrogen-bond donors (Lipinski definition) is 2. The van der Waals surface area contributed by atoms with Crippen LogP contribution in [0.3, 0.4) is 0 Å². The van der Waals surface area contributed by atoms with Gasteiger partial charge in [0.2, 0.25) is 0 Å². The minimum Gasteiger partial charge on any atom is -0.357 e. The molecule has 0 aliphatic carbocycles. The molecule has 0 amide bonds. The van der Waals surface area contributed by atoms with Crippen molar-refractivity contribution in [2.45, 2.75) is 26.2 Å². The summed E-state index contributed by atoms with van der Waals surface area (Å²) in [5.74, 6) is 1.65. The molecule has 7 heteroatoms. The van der Waals surface area contributed by atoms with Crippen molar-refractivity contribution >= 4 is 29.9 Å². The Kier molecular flexibility index (Phi) is 9.77. The third-order valence-corrected chi connectivity index (χ3v) is 5.10. The Morgan fingerprint density at radius 3 is 2.57 bits per heavy atom. The maximum absolute atomic E-state index is 4.81. The maximum atomic E-state index is 4.81. The molecule has 2 heterocycles. The van der Waals surface area contributed by atoms with Crippen LogP contribution in [0.2, 0.25) is 0 Å². The van der Waals surface area contributed by atoms with Crippen molar-refractivity contribution in [1.29, 1.82) is 0 Å². The van der Waals surface area contributed by atoms with Gasteiger partial charge in [0, 0.05) is 32.0 Å². The zero-order valence-electron chi connectivity index (χ0n) is 17.0. The van der Waals surface area contributed by atoms with E-state index in [-0.39, 0.29) is 24.0 Å². The van der Waals surface area contributed by atoms with Crippen LogP contribution in [0.5, 0.6) is 0 Å². The van der Waals surface area contributed by atoms with Crippen LogP contribution in [0, 0.1) is 5.92 Å². The Balaban J connectivity index is 0.00000280. The van der Waals surface area contributed by atoms with E-state index in [1.54, 1.807) is 6.20 Å². The minimum absolute atomic E-state index is 0. The molecule has 2 aromatic rings. The molecule has 0 unspecified atom stereocenters. The highest BCUT2D eigenvalue weighted by atomic mass is 127. The zero-order chi connectivity index (χ0) is 18.9. The first-order valence-corrected chi connectivity index (χ1v) is 10.0. The fourth-order valence-electron chi connectivity index (χ4n) is 3.37. The van der Waals surface area contributed by atoms with Crippen LogP contribution in [-0.2, 0) is 6.42 Å². The molecule has 1 saturated heterocycles. The highest BCUT2D eigenvalue weighted by molar-refractivity contribution is 14.0. The van der Waals surface area contributed by atoms with Gasteiger partial charge in [-0.3, -0.25) is 4.99 Å². The molecule has 3 rings (SSSR count). The van der Waals surface area contributed by atoms with Gasteiger partial charge in [0.1, 0.15) is 0 Å². The van der Waals surface area contributed by atoms with Crippen LogP contribution in [0.1, 0.15) is 25.3 Å². The predicted molar refractivity (Wildman–Crippen MR) is 127 cm³/mol. The van der Waals surface area contributed by atoms with Gasteiger partial charge in [0.15, 0.2) is 5.96 Å². The first-order chi connectivity index (χ1) is 13.2. The molecular formula is C21H33IN6. The molecule has 28 heavy (non-hydrogen) atoms. The Morgan fingerprint density at radius 2 is 1.93 bits per heavy atom. The van der Waals surface area contributed by atoms with Gasteiger partial charge in [-0.2, -0.15) is 5.10 Å². The molecule has 0 radical (unpaired) electrons. The Morgan fingerprint density at radius 1 is 1.18 bits per heavy atom. The second-order valence-corrected chi connectivity index (χ2v) is 7.26. The van der Waals surface area contributed by atoms with E-state index >= 15 is 0 Å². The van der Waals surface area contributed by atoms with E-state index in [1.165, 1.54) is 31.5 Å². The van der Waals surface area contributed by atoms with Gasteiger partial charge in [-0.15, -0.1) is 24.0 Å². The summed E-state index contributed by atoms with van der Waals surface area (Å²) in [7, 11) is 2.20. The monoisotopic (exact) mass is 496 g/mol. The van der Waals surface area contributed by atoms with Crippen molar-refractivity contribution in [3.63, 3.8) is 0 Å². The van der Waals surface area contributed by atoms with Crippen molar-refractivity contribution in [3.05, 3.63) is 48.3 Å². The quantitative estimate of drug-likeness (QED) is 0.352. The second-order valence-electron chi connectivity index (χ2n) is 7.26. The van der Waals surface area contributed by atoms with Crippen LogP contribution in [0.15, 0.2) is 47.7 Å². The second kappa shape index (κ2) is 12.1. The van der Waals surface area contributed by atoms with Crippen molar-refractivity contribution in [2.75, 3.05) is 39.8 Å². The third-order valence-electron chi connectivity index (χ3n) is 5.10. The van der Waals surface area contributed by atoms with Crippen LogP contribution in [0.4, 0.5) is 0 Å². The van der Waals surface area contributed by atoms with E-state index in [1.807, 2.05) is 16.9 Å². The molecule has 1 fully saturated rings. The van der Waals surface area contributed by atoms with Gasteiger partial charge in [0.25, 0.3) is 0 Å². The van der Waals surface area contributed by atoms with E-state index in [0.29, 0.717) is 5.92 Å². The standard InChI is InChI=1S/C21H32N6.HI/c1-3-22-21(24-17-19-10-15-26(2)16-11-19)23-13-9-18-5-7-20(8-6-18)27-14-4-12-25-27;/h4-8,12,14,19H,3,9-11,13,15-17H2,1-2H3,(H2,22,23,24);1H. The number of rotatable bonds is 7. The molecule has 1 aromatic carbocycles.